The van der Waals surface area contributed by atoms with E-state index in [1.165, 1.54) is 5.56 Å². The lowest BCUT2D eigenvalue weighted by atomic mass is 9.94. The predicted octanol–water partition coefficient (Wildman–Crippen LogP) is 1.50. The molecule has 1 aliphatic heterocycles. The number of nitrogens with zero attached hydrogens (tertiary/aromatic N) is 4. The van der Waals surface area contributed by atoms with Gasteiger partial charge >= 0.3 is 0 Å². The van der Waals surface area contributed by atoms with E-state index in [9.17, 15) is 4.79 Å². The Morgan fingerprint density at radius 1 is 1.35 bits per heavy atom. The summed E-state index contributed by atoms with van der Waals surface area (Å²) in [5.74, 6) is 1.12. The zero-order chi connectivity index (χ0) is 16.2. The molecule has 2 aromatic heterocycles. The summed E-state index contributed by atoms with van der Waals surface area (Å²) in [4.78, 5) is 22.4. The van der Waals surface area contributed by atoms with Gasteiger partial charge < -0.3 is 5.32 Å². The minimum absolute atomic E-state index is 0.218. The SMILES string of the molecule is CNC(=O)c1n[nH]c(C2CCN(C(C)c3ccncc3)CC2)n1. The van der Waals surface area contributed by atoms with E-state index < -0.39 is 0 Å². The van der Waals surface area contributed by atoms with Crippen molar-refractivity contribution in [3.05, 3.63) is 41.7 Å². The standard InChI is InChI=1S/C16H22N6O/c1-11(12-3-7-18-8-4-12)22-9-5-13(6-10-22)14-19-15(21-20-14)16(23)17-2/h3-4,7-8,11,13H,5-6,9-10H2,1-2H3,(H,17,23)(H,19,20,21). The van der Waals surface area contributed by atoms with Crippen LogP contribution in [0.2, 0.25) is 0 Å². The van der Waals surface area contributed by atoms with Gasteiger partial charge in [0.25, 0.3) is 5.91 Å². The van der Waals surface area contributed by atoms with Crippen molar-refractivity contribution in [2.24, 2.45) is 0 Å². The van der Waals surface area contributed by atoms with Gasteiger partial charge in [0.15, 0.2) is 0 Å². The Bertz CT molecular complexity index is 648. The molecular formula is C16H22N6O. The van der Waals surface area contributed by atoms with Crippen molar-refractivity contribution in [1.82, 2.24) is 30.4 Å². The van der Waals surface area contributed by atoms with Crippen LogP contribution >= 0.6 is 0 Å². The number of carbonyl (C=O) groups excluding carboxylic acids is 1. The van der Waals surface area contributed by atoms with E-state index in [1.807, 2.05) is 12.4 Å². The molecule has 1 atom stereocenters. The Balaban J connectivity index is 1.60. The first-order valence-corrected chi connectivity index (χ1v) is 7.97. The van der Waals surface area contributed by atoms with Crippen LogP contribution < -0.4 is 5.32 Å². The van der Waals surface area contributed by atoms with Crippen LogP contribution in [0, 0.1) is 0 Å². The third-order valence-corrected chi connectivity index (χ3v) is 4.59. The molecule has 0 aliphatic carbocycles. The number of carbonyl (C=O) groups is 1. The fraction of sp³-hybridized carbons (Fsp3) is 0.500. The normalized spacial score (nSPS) is 17.8. The highest BCUT2D eigenvalue weighted by atomic mass is 16.2. The maximum Gasteiger partial charge on any atom is 0.290 e. The van der Waals surface area contributed by atoms with Crippen LogP contribution in [0.4, 0.5) is 0 Å². The molecule has 7 heteroatoms. The first kappa shape index (κ1) is 15.6. The van der Waals surface area contributed by atoms with Gasteiger partial charge in [-0.3, -0.25) is 19.8 Å². The fourth-order valence-electron chi connectivity index (χ4n) is 3.08. The van der Waals surface area contributed by atoms with Crippen LogP contribution in [0.3, 0.4) is 0 Å². The molecule has 0 spiro atoms. The minimum Gasteiger partial charge on any atom is -0.352 e. The average Bonchev–Trinajstić information content (AvgIpc) is 3.11. The highest BCUT2D eigenvalue weighted by Crippen LogP contribution is 2.30. The lowest BCUT2D eigenvalue weighted by Gasteiger charge is -2.35. The Morgan fingerprint density at radius 3 is 2.70 bits per heavy atom. The Labute approximate surface area is 135 Å². The minimum atomic E-state index is -0.253. The van der Waals surface area contributed by atoms with Crippen molar-refractivity contribution in [3.8, 4) is 0 Å². The van der Waals surface area contributed by atoms with Crippen LogP contribution in [0.15, 0.2) is 24.5 Å². The topological polar surface area (TPSA) is 86.8 Å². The molecule has 7 nitrogen and oxygen atoms in total. The molecule has 122 valence electrons. The summed E-state index contributed by atoms with van der Waals surface area (Å²) in [5.41, 5.74) is 1.29. The molecule has 0 aromatic carbocycles. The number of rotatable bonds is 4. The predicted molar refractivity (Wildman–Crippen MR) is 86.0 cm³/mol. The third kappa shape index (κ3) is 3.39. The van der Waals surface area contributed by atoms with Crippen LogP contribution in [0.5, 0.6) is 0 Å². The largest absolute Gasteiger partial charge is 0.352 e. The maximum atomic E-state index is 11.5. The van der Waals surface area contributed by atoms with Gasteiger partial charge in [-0.25, -0.2) is 4.98 Å². The van der Waals surface area contributed by atoms with Gasteiger partial charge in [0.2, 0.25) is 5.82 Å². The number of likely N-dealkylation sites (tertiary alicyclic amines) is 1. The van der Waals surface area contributed by atoms with E-state index in [1.54, 1.807) is 7.05 Å². The summed E-state index contributed by atoms with van der Waals surface area (Å²) in [6.07, 6.45) is 5.70. The molecule has 0 saturated carbocycles. The van der Waals surface area contributed by atoms with E-state index in [0.717, 1.165) is 31.8 Å². The summed E-state index contributed by atoms with van der Waals surface area (Å²) < 4.78 is 0. The molecule has 1 fully saturated rings. The molecule has 1 amide bonds. The summed E-state index contributed by atoms with van der Waals surface area (Å²) >= 11 is 0. The second-order valence-electron chi connectivity index (χ2n) is 5.89. The van der Waals surface area contributed by atoms with Gasteiger partial charge in [0.05, 0.1) is 0 Å². The molecule has 2 aromatic rings. The van der Waals surface area contributed by atoms with Gasteiger partial charge in [-0.05, 0) is 50.6 Å². The van der Waals surface area contributed by atoms with Gasteiger partial charge in [-0.15, -0.1) is 5.10 Å². The smallest absolute Gasteiger partial charge is 0.290 e. The van der Waals surface area contributed by atoms with Crippen LogP contribution in [-0.2, 0) is 0 Å². The van der Waals surface area contributed by atoms with Crippen molar-refractivity contribution in [2.45, 2.75) is 31.7 Å². The molecule has 2 N–H and O–H groups in total. The van der Waals surface area contributed by atoms with E-state index in [4.69, 9.17) is 0 Å². The highest BCUT2D eigenvalue weighted by Gasteiger charge is 2.27. The molecule has 0 radical (unpaired) electrons. The van der Waals surface area contributed by atoms with E-state index >= 15 is 0 Å². The zero-order valence-electron chi connectivity index (χ0n) is 13.5. The zero-order valence-corrected chi connectivity index (χ0v) is 13.5. The number of pyridine rings is 1. The number of hydrogen-bond acceptors (Lipinski definition) is 5. The highest BCUT2D eigenvalue weighted by molar-refractivity contribution is 5.89. The van der Waals surface area contributed by atoms with Crippen molar-refractivity contribution in [3.63, 3.8) is 0 Å². The number of amides is 1. The molecule has 3 rings (SSSR count). The van der Waals surface area contributed by atoms with Crippen molar-refractivity contribution >= 4 is 5.91 Å². The molecule has 23 heavy (non-hydrogen) atoms. The fourth-order valence-corrected chi connectivity index (χ4v) is 3.08. The number of nitrogens with one attached hydrogen (secondary N) is 2. The molecular weight excluding hydrogens is 292 g/mol. The lowest BCUT2D eigenvalue weighted by molar-refractivity contribution is 0.0953. The first-order chi connectivity index (χ1) is 11.2. The summed E-state index contributed by atoms with van der Waals surface area (Å²) in [7, 11) is 1.58. The van der Waals surface area contributed by atoms with E-state index in [-0.39, 0.29) is 11.7 Å². The number of aromatic nitrogens is 4. The molecule has 0 bridgehead atoms. The van der Waals surface area contributed by atoms with Gasteiger partial charge in [0.1, 0.15) is 5.82 Å². The number of hydrogen-bond donors (Lipinski definition) is 2. The molecule has 1 aliphatic rings. The lowest BCUT2D eigenvalue weighted by Crippen LogP contribution is -2.35. The van der Waals surface area contributed by atoms with Crippen molar-refractivity contribution in [2.75, 3.05) is 20.1 Å². The van der Waals surface area contributed by atoms with Gasteiger partial charge in [0, 0.05) is 31.4 Å². The number of piperidine rings is 1. The first-order valence-electron chi connectivity index (χ1n) is 7.97. The van der Waals surface area contributed by atoms with Crippen LogP contribution in [0.25, 0.3) is 0 Å². The second kappa shape index (κ2) is 6.87. The summed E-state index contributed by atoms with van der Waals surface area (Å²) in [6, 6.07) is 4.53. The van der Waals surface area contributed by atoms with Crippen LogP contribution in [-0.4, -0.2) is 51.1 Å². The molecule has 3 heterocycles. The monoisotopic (exact) mass is 314 g/mol. The van der Waals surface area contributed by atoms with Gasteiger partial charge in [-0.1, -0.05) is 0 Å². The summed E-state index contributed by atoms with van der Waals surface area (Å²) in [5, 5.41) is 9.45. The Kier molecular flexibility index (Phi) is 4.66. The average molecular weight is 314 g/mol. The quantitative estimate of drug-likeness (QED) is 0.893. The van der Waals surface area contributed by atoms with Crippen molar-refractivity contribution in [1.29, 1.82) is 0 Å². The van der Waals surface area contributed by atoms with Gasteiger partial charge in [-0.2, -0.15) is 0 Å². The Hall–Kier alpha value is -2.28. The second-order valence-corrected chi connectivity index (χ2v) is 5.89. The van der Waals surface area contributed by atoms with Crippen LogP contribution in [0.1, 0.15) is 53.7 Å². The summed E-state index contributed by atoms with van der Waals surface area (Å²) in [6.45, 7) is 4.24. The number of H-pyrrole nitrogens is 1. The molecule has 1 saturated heterocycles. The van der Waals surface area contributed by atoms with E-state index in [2.05, 4.69) is 49.4 Å². The maximum absolute atomic E-state index is 11.5. The number of aromatic amines is 1. The third-order valence-electron chi connectivity index (χ3n) is 4.59. The Morgan fingerprint density at radius 2 is 2.04 bits per heavy atom. The molecule has 1 unspecified atom stereocenters. The van der Waals surface area contributed by atoms with Crippen molar-refractivity contribution < 1.29 is 4.79 Å². The van der Waals surface area contributed by atoms with E-state index in [0.29, 0.717) is 12.0 Å².